The Labute approximate surface area is 126 Å². The van der Waals surface area contributed by atoms with E-state index in [0.29, 0.717) is 5.92 Å². The van der Waals surface area contributed by atoms with E-state index < -0.39 is 0 Å². The Hall–Kier alpha value is -1.32. The number of hydrogen-bond acceptors (Lipinski definition) is 2. The van der Waals surface area contributed by atoms with Crippen LogP contribution in [0.25, 0.3) is 5.69 Å². The minimum atomic E-state index is 0.631. The largest absolute Gasteiger partial charge is 0.312 e. The molecule has 20 heavy (non-hydrogen) atoms. The molecule has 1 aromatic heterocycles. The monoisotopic (exact) mass is 291 g/mol. The van der Waals surface area contributed by atoms with Gasteiger partial charge < -0.3 is 5.32 Å². The Morgan fingerprint density at radius 2 is 2.05 bits per heavy atom. The molecule has 0 radical (unpaired) electrons. The molecular weight excluding hydrogens is 270 g/mol. The summed E-state index contributed by atoms with van der Waals surface area (Å²) >= 11 is 6.40. The number of hydrogen-bond donors (Lipinski definition) is 1. The highest BCUT2D eigenvalue weighted by Crippen LogP contribution is 2.25. The topological polar surface area (TPSA) is 29.9 Å². The predicted molar refractivity (Wildman–Crippen MR) is 84.6 cm³/mol. The van der Waals surface area contributed by atoms with Crippen LogP contribution in [0, 0.1) is 19.8 Å². The van der Waals surface area contributed by atoms with Gasteiger partial charge in [-0.25, -0.2) is 4.68 Å². The van der Waals surface area contributed by atoms with Crippen LogP contribution in [0.5, 0.6) is 0 Å². The number of para-hydroxylation sites is 1. The van der Waals surface area contributed by atoms with Crippen LogP contribution in [0.1, 0.15) is 30.8 Å². The van der Waals surface area contributed by atoms with Crippen LogP contribution in [0.2, 0.25) is 5.02 Å². The third-order valence-electron chi connectivity index (χ3n) is 3.16. The molecule has 2 aromatic rings. The summed E-state index contributed by atoms with van der Waals surface area (Å²) in [5, 5.41) is 8.75. The SMILES string of the molecule is Cc1cc(C)n(-c2c(Cl)cccc2CNCC(C)C)n1. The number of rotatable bonds is 5. The van der Waals surface area contributed by atoms with Crippen LogP contribution in [-0.4, -0.2) is 16.3 Å². The van der Waals surface area contributed by atoms with Gasteiger partial charge in [0.15, 0.2) is 0 Å². The summed E-state index contributed by atoms with van der Waals surface area (Å²) in [7, 11) is 0. The third kappa shape index (κ3) is 3.41. The number of halogens is 1. The molecule has 108 valence electrons. The van der Waals surface area contributed by atoms with E-state index in [9.17, 15) is 0 Å². The first-order valence-electron chi connectivity index (χ1n) is 7.00. The Morgan fingerprint density at radius 1 is 1.30 bits per heavy atom. The van der Waals surface area contributed by atoms with Crippen LogP contribution >= 0.6 is 11.6 Å². The zero-order chi connectivity index (χ0) is 14.7. The minimum Gasteiger partial charge on any atom is -0.312 e. The lowest BCUT2D eigenvalue weighted by molar-refractivity contribution is 0.551. The average Bonchev–Trinajstić information content (AvgIpc) is 2.68. The van der Waals surface area contributed by atoms with Crippen LogP contribution in [-0.2, 0) is 6.54 Å². The summed E-state index contributed by atoms with van der Waals surface area (Å²) in [6, 6.07) is 8.07. The molecule has 1 aromatic carbocycles. The molecule has 1 heterocycles. The molecule has 1 N–H and O–H groups in total. The van der Waals surface area contributed by atoms with E-state index in [1.165, 1.54) is 5.56 Å². The molecule has 0 bridgehead atoms. The molecule has 0 saturated carbocycles. The lowest BCUT2D eigenvalue weighted by Gasteiger charge is -2.14. The van der Waals surface area contributed by atoms with E-state index in [1.54, 1.807) is 0 Å². The fourth-order valence-corrected chi connectivity index (χ4v) is 2.56. The normalized spacial score (nSPS) is 11.3. The number of benzene rings is 1. The van der Waals surface area contributed by atoms with Gasteiger partial charge in [-0.3, -0.25) is 0 Å². The minimum absolute atomic E-state index is 0.631. The summed E-state index contributed by atoms with van der Waals surface area (Å²) in [5.74, 6) is 0.631. The smallest absolute Gasteiger partial charge is 0.0879 e. The van der Waals surface area contributed by atoms with Crippen molar-refractivity contribution >= 4 is 11.6 Å². The maximum Gasteiger partial charge on any atom is 0.0879 e. The van der Waals surface area contributed by atoms with Crippen molar-refractivity contribution in [3.63, 3.8) is 0 Å². The van der Waals surface area contributed by atoms with Gasteiger partial charge in [0.25, 0.3) is 0 Å². The van der Waals surface area contributed by atoms with Crippen molar-refractivity contribution in [3.05, 3.63) is 46.2 Å². The number of nitrogens with zero attached hydrogens (tertiary/aromatic N) is 2. The second kappa shape index (κ2) is 6.42. The van der Waals surface area contributed by atoms with E-state index in [4.69, 9.17) is 11.6 Å². The Bertz CT molecular complexity index is 587. The van der Waals surface area contributed by atoms with Gasteiger partial charge in [0.2, 0.25) is 0 Å². The van der Waals surface area contributed by atoms with E-state index in [0.717, 1.165) is 35.2 Å². The first-order chi connectivity index (χ1) is 9.49. The van der Waals surface area contributed by atoms with E-state index in [-0.39, 0.29) is 0 Å². The molecule has 0 saturated heterocycles. The van der Waals surface area contributed by atoms with Crippen molar-refractivity contribution in [1.82, 2.24) is 15.1 Å². The summed E-state index contributed by atoms with van der Waals surface area (Å²) in [6.45, 7) is 10.2. The maximum absolute atomic E-state index is 6.40. The molecular formula is C16H22ClN3. The number of aryl methyl sites for hydroxylation is 2. The van der Waals surface area contributed by atoms with Gasteiger partial charge in [-0.1, -0.05) is 37.6 Å². The fraction of sp³-hybridized carbons (Fsp3) is 0.438. The van der Waals surface area contributed by atoms with Gasteiger partial charge in [0.05, 0.1) is 16.4 Å². The van der Waals surface area contributed by atoms with E-state index >= 15 is 0 Å². The van der Waals surface area contributed by atoms with Gasteiger partial charge >= 0.3 is 0 Å². The first kappa shape index (κ1) is 15.1. The van der Waals surface area contributed by atoms with Crippen LogP contribution in [0.3, 0.4) is 0 Å². The molecule has 0 aliphatic rings. The highest BCUT2D eigenvalue weighted by molar-refractivity contribution is 6.32. The van der Waals surface area contributed by atoms with Crippen molar-refractivity contribution in [3.8, 4) is 5.69 Å². The van der Waals surface area contributed by atoms with Crippen molar-refractivity contribution in [2.24, 2.45) is 5.92 Å². The van der Waals surface area contributed by atoms with Crippen molar-refractivity contribution in [1.29, 1.82) is 0 Å². The molecule has 0 amide bonds. The van der Waals surface area contributed by atoms with Crippen molar-refractivity contribution in [2.45, 2.75) is 34.2 Å². The Balaban J connectivity index is 2.34. The summed E-state index contributed by atoms with van der Waals surface area (Å²) in [5.41, 5.74) is 4.25. The van der Waals surface area contributed by atoms with Gasteiger partial charge in [0.1, 0.15) is 0 Å². The molecule has 0 aliphatic carbocycles. The van der Waals surface area contributed by atoms with Gasteiger partial charge in [-0.2, -0.15) is 5.10 Å². The first-order valence-corrected chi connectivity index (χ1v) is 7.38. The summed E-state index contributed by atoms with van der Waals surface area (Å²) < 4.78 is 1.93. The summed E-state index contributed by atoms with van der Waals surface area (Å²) in [4.78, 5) is 0. The average molecular weight is 292 g/mol. The number of nitrogens with one attached hydrogen (secondary N) is 1. The molecule has 0 aliphatic heterocycles. The lowest BCUT2D eigenvalue weighted by atomic mass is 10.1. The lowest BCUT2D eigenvalue weighted by Crippen LogP contribution is -2.20. The second-order valence-electron chi connectivity index (χ2n) is 5.61. The zero-order valence-electron chi connectivity index (χ0n) is 12.6. The van der Waals surface area contributed by atoms with Crippen LogP contribution < -0.4 is 5.32 Å². The molecule has 0 spiro atoms. The van der Waals surface area contributed by atoms with Crippen molar-refractivity contribution < 1.29 is 0 Å². The van der Waals surface area contributed by atoms with E-state index in [2.05, 4.69) is 43.3 Å². The number of aromatic nitrogens is 2. The van der Waals surface area contributed by atoms with Gasteiger partial charge in [-0.05, 0) is 44.0 Å². The molecule has 0 unspecified atom stereocenters. The third-order valence-corrected chi connectivity index (χ3v) is 3.46. The molecule has 4 heteroatoms. The standard InChI is InChI=1S/C16H22ClN3/c1-11(2)9-18-10-14-6-5-7-15(17)16(14)20-13(4)8-12(3)19-20/h5-8,11,18H,9-10H2,1-4H3. The van der Waals surface area contributed by atoms with Crippen LogP contribution in [0.4, 0.5) is 0 Å². The van der Waals surface area contributed by atoms with Gasteiger partial charge in [-0.15, -0.1) is 0 Å². The Kier molecular flexibility index (Phi) is 4.84. The maximum atomic E-state index is 6.40. The fourth-order valence-electron chi connectivity index (χ4n) is 2.29. The second-order valence-corrected chi connectivity index (χ2v) is 6.02. The van der Waals surface area contributed by atoms with Gasteiger partial charge in [0, 0.05) is 12.2 Å². The quantitative estimate of drug-likeness (QED) is 0.906. The Morgan fingerprint density at radius 3 is 2.65 bits per heavy atom. The molecule has 2 rings (SSSR count). The summed E-state index contributed by atoms with van der Waals surface area (Å²) in [6.07, 6.45) is 0. The molecule has 0 fully saturated rings. The van der Waals surface area contributed by atoms with Crippen LogP contribution in [0.15, 0.2) is 24.3 Å². The predicted octanol–water partition coefficient (Wildman–Crippen LogP) is 3.89. The highest BCUT2D eigenvalue weighted by Gasteiger charge is 2.12. The van der Waals surface area contributed by atoms with Crippen molar-refractivity contribution in [2.75, 3.05) is 6.54 Å². The van der Waals surface area contributed by atoms with E-state index in [1.807, 2.05) is 23.7 Å². The molecule has 0 atom stereocenters. The highest BCUT2D eigenvalue weighted by atomic mass is 35.5. The molecule has 3 nitrogen and oxygen atoms in total. The zero-order valence-corrected chi connectivity index (χ0v) is 13.3.